The van der Waals surface area contributed by atoms with Crippen LogP contribution in [0.25, 0.3) is 0 Å². The molecule has 3 aliphatic rings. The molecule has 2 saturated heterocycles. The van der Waals surface area contributed by atoms with Gasteiger partial charge in [0.1, 0.15) is 6.10 Å². The fourth-order valence-corrected chi connectivity index (χ4v) is 6.26. The van der Waals surface area contributed by atoms with Gasteiger partial charge in [0.15, 0.2) is 5.60 Å². The number of ether oxygens (including phenoxy) is 1. The lowest BCUT2D eigenvalue weighted by molar-refractivity contribution is -0.154. The molecule has 1 saturated carbocycles. The minimum Gasteiger partial charge on any atom is -0.462 e. The topological polar surface area (TPSA) is 95.9 Å². The molecule has 8 atom stereocenters. The summed E-state index contributed by atoms with van der Waals surface area (Å²) in [6.45, 7) is 8.25. The van der Waals surface area contributed by atoms with Crippen molar-refractivity contribution in [3.63, 3.8) is 0 Å². The number of benzene rings is 1. The Bertz CT molecular complexity index is 959. The highest BCUT2D eigenvalue weighted by molar-refractivity contribution is 5.89. The lowest BCUT2D eigenvalue weighted by Crippen LogP contribution is -2.59. The standard InChI is InChI=1S/C29H39NO5/c1-18(9-7-13-22-15-16-25(31)35-22)10-8-14-23-27(32)20(3)19(2)26-24(30-28(33)29(23,26)34)17-21-11-5-4-6-12-21/h4-6,8,11-12,14,18-19,22-24,26-27,32,34H,3,7,9-10,13,15-17H2,1-2H3,(H,30,33)/b14-8+/t18-,19+,22-,23-,24+,26-,27+,29+/m1/s1. The Morgan fingerprint density at radius 3 is 2.71 bits per heavy atom. The molecule has 4 rings (SSSR count). The van der Waals surface area contributed by atoms with Crippen LogP contribution in [0.5, 0.6) is 0 Å². The van der Waals surface area contributed by atoms with Gasteiger partial charge in [0.2, 0.25) is 0 Å². The summed E-state index contributed by atoms with van der Waals surface area (Å²) < 4.78 is 5.29. The zero-order chi connectivity index (χ0) is 25.2. The first-order chi connectivity index (χ1) is 16.7. The fraction of sp³-hybridized carbons (Fsp3) is 0.586. The van der Waals surface area contributed by atoms with Crippen LogP contribution < -0.4 is 5.32 Å². The molecule has 1 aliphatic carbocycles. The number of aliphatic hydroxyl groups is 2. The monoisotopic (exact) mass is 481 g/mol. The summed E-state index contributed by atoms with van der Waals surface area (Å²) in [5.74, 6) is -1.40. The van der Waals surface area contributed by atoms with Crippen molar-refractivity contribution in [2.75, 3.05) is 0 Å². The van der Waals surface area contributed by atoms with E-state index in [-0.39, 0.29) is 30.0 Å². The van der Waals surface area contributed by atoms with Crippen molar-refractivity contribution in [3.8, 4) is 0 Å². The van der Waals surface area contributed by atoms with Crippen molar-refractivity contribution < 1.29 is 24.5 Å². The van der Waals surface area contributed by atoms with E-state index in [9.17, 15) is 19.8 Å². The zero-order valence-corrected chi connectivity index (χ0v) is 20.9. The third kappa shape index (κ3) is 5.24. The minimum atomic E-state index is -1.68. The van der Waals surface area contributed by atoms with Crippen molar-refractivity contribution in [2.45, 2.75) is 82.6 Å². The molecule has 0 bridgehead atoms. The molecule has 35 heavy (non-hydrogen) atoms. The number of nitrogens with one attached hydrogen (secondary N) is 1. The SMILES string of the molecule is C=C1[C@H](C)[C@@H]2[C@H](Cc3ccccc3)NC(=O)[C@]2(O)[C@H](/C=C/C[C@H](C)CCC[C@@H]2CCC(=O)O2)[C@H]1O. The van der Waals surface area contributed by atoms with Crippen molar-refractivity contribution in [2.24, 2.45) is 23.7 Å². The molecule has 2 aliphatic heterocycles. The van der Waals surface area contributed by atoms with Gasteiger partial charge in [-0.15, -0.1) is 0 Å². The summed E-state index contributed by atoms with van der Waals surface area (Å²) in [5, 5.41) is 25.9. The van der Waals surface area contributed by atoms with E-state index in [1.807, 2.05) is 49.4 Å². The molecular formula is C29H39NO5. The van der Waals surface area contributed by atoms with Gasteiger partial charge in [0.25, 0.3) is 5.91 Å². The summed E-state index contributed by atoms with van der Waals surface area (Å²) in [4.78, 5) is 24.4. The highest BCUT2D eigenvalue weighted by atomic mass is 16.5. The maximum atomic E-state index is 13.2. The highest BCUT2D eigenvalue weighted by Gasteiger charge is 2.64. The largest absolute Gasteiger partial charge is 0.462 e. The van der Waals surface area contributed by atoms with Gasteiger partial charge < -0.3 is 20.3 Å². The molecule has 1 aromatic carbocycles. The lowest BCUT2D eigenvalue weighted by atomic mass is 9.60. The average molecular weight is 482 g/mol. The first-order valence-electron chi connectivity index (χ1n) is 13.0. The molecule has 6 nitrogen and oxygen atoms in total. The number of rotatable bonds is 9. The van der Waals surface area contributed by atoms with Crippen LogP contribution in [0.3, 0.4) is 0 Å². The number of amides is 1. The second-order valence-electron chi connectivity index (χ2n) is 10.8. The van der Waals surface area contributed by atoms with E-state index < -0.39 is 23.5 Å². The molecule has 3 fully saturated rings. The van der Waals surface area contributed by atoms with Gasteiger partial charge in [-0.05, 0) is 55.1 Å². The van der Waals surface area contributed by atoms with Crippen molar-refractivity contribution in [1.29, 1.82) is 0 Å². The predicted octanol–water partition coefficient (Wildman–Crippen LogP) is 3.72. The van der Waals surface area contributed by atoms with Gasteiger partial charge in [-0.3, -0.25) is 9.59 Å². The van der Waals surface area contributed by atoms with Gasteiger partial charge in [-0.25, -0.2) is 0 Å². The summed E-state index contributed by atoms with van der Waals surface area (Å²) in [6.07, 6.45) is 8.54. The average Bonchev–Trinajstić information content (AvgIpc) is 3.35. The number of esters is 1. The van der Waals surface area contributed by atoms with Gasteiger partial charge >= 0.3 is 5.97 Å². The van der Waals surface area contributed by atoms with Crippen LogP contribution in [0, 0.1) is 23.7 Å². The Morgan fingerprint density at radius 2 is 2.03 bits per heavy atom. The van der Waals surface area contributed by atoms with E-state index >= 15 is 0 Å². The summed E-state index contributed by atoms with van der Waals surface area (Å²) in [6, 6.07) is 9.72. The molecule has 0 radical (unpaired) electrons. The summed E-state index contributed by atoms with van der Waals surface area (Å²) in [7, 11) is 0. The Kier molecular flexibility index (Phi) is 7.82. The van der Waals surface area contributed by atoms with Crippen LogP contribution in [0.15, 0.2) is 54.6 Å². The van der Waals surface area contributed by atoms with Crippen LogP contribution in [-0.4, -0.2) is 45.9 Å². The summed E-state index contributed by atoms with van der Waals surface area (Å²) in [5.41, 5.74) is 0.0910. The molecule has 6 heteroatoms. The van der Waals surface area contributed by atoms with E-state index in [0.29, 0.717) is 24.3 Å². The van der Waals surface area contributed by atoms with Crippen LogP contribution in [0.4, 0.5) is 0 Å². The highest BCUT2D eigenvalue weighted by Crippen LogP contribution is 2.50. The van der Waals surface area contributed by atoms with Crippen LogP contribution in [0.2, 0.25) is 0 Å². The van der Waals surface area contributed by atoms with Gasteiger partial charge in [0.05, 0.1) is 6.10 Å². The van der Waals surface area contributed by atoms with Crippen molar-refractivity contribution in [1.82, 2.24) is 5.32 Å². The molecule has 2 heterocycles. The second-order valence-corrected chi connectivity index (χ2v) is 10.8. The maximum Gasteiger partial charge on any atom is 0.306 e. The smallest absolute Gasteiger partial charge is 0.306 e. The number of hydrogen-bond acceptors (Lipinski definition) is 5. The minimum absolute atomic E-state index is 0.0616. The van der Waals surface area contributed by atoms with E-state index in [2.05, 4.69) is 18.8 Å². The number of allylic oxidation sites excluding steroid dienone is 1. The first kappa shape index (κ1) is 25.6. The molecule has 0 spiro atoms. The summed E-state index contributed by atoms with van der Waals surface area (Å²) >= 11 is 0. The first-order valence-corrected chi connectivity index (χ1v) is 13.0. The van der Waals surface area contributed by atoms with Crippen LogP contribution >= 0.6 is 0 Å². The Labute approximate surface area is 208 Å². The van der Waals surface area contributed by atoms with E-state index in [0.717, 1.165) is 37.7 Å². The Balaban J connectivity index is 1.41. The van der Waals surface area contributed by atoms with Gasteiger partial charge in [0, 0.05) is 24.3 Å². The van der Waals surface area contributed by atoms with Crippen LogP contribution in [-0.2, 0) is 20.7 Å². The predicted molar refractivity (Wildman–Crippen MR) is 134 cm³/mol. The molecular weight excluding hydrogens is 442 g/mol. The van der Waals surface area contributed by atoms with Gasteiger partial charge in [-0.2, -0.15) is 0 Å². The zero-order valence-electron chi connectivity index (χ0n) is 20.9. The van der Waals surface area contributed by atoms with E-state index in [1.165, 1.54) is 0 Å². The second kappa shape index (κ2) is 10.7. The lowest BCUT2D eigenvalue weighted by Gasteiger charge is -2.47. The number of hydrogen-bond donors (Lipinski definition) is 3. The maximum absolute atomic E-state index is 13.2. The number of cyclic esters (lactones) is 1. The third-order valence-corrected chi connectivity index (χ3v) is 8.35. The Hall–Kier alpha value is -2.44. The molecule has 0 aromatic heterocycles. The van der Waals surface area contributed by atoms with E-state index in [4.69, 9.17) is 4.74 Å². The molecule has 190 valence electrons. The molecule has 3 N–H and O–H groups in total. The molecule has 0 unspecified atom stereocenters. The molecule has 1 aromatic rings. The van der Waals surface area contributed by atoms with Gasteiger partial charge in [-0.1, -0.05) is 69.3 Å². The quantitative estimate of drug-likeness (QED) is 0.369. The normalized spacial score (nSPS) is 35.7. The van der Waals surface area contributed by atoms with Crippen molar-refractivity contribution >= 4 is 11.9 Å². The van der Waals surface area contributed by atoms with Crippen molar-refractivity contribution in [3.05, 3.63) is 60.2 Å². The Morgan fingerprint density at radius 1 is 1.29 bits per heavy atom. The van der Waals surface area contributed by atoms with E-state index in [1.54, 1.807) is 0 Å². The van der Waals surface area contributed by atoms with Crippen LogP contribution in [0.1, 0.15) is 57.9 Å². The fourth-order valence-electron chi connectivity index (χ4n) is 6.26. The molecule has 1 amide bonds. The number of fused-ring (bicyclic) bond motifs is 1. The number of aliphatic hydroxyl groups excluding tert-OH is 1. The number of carbonyl (C=O) groups is 2. The third-order valence-electron chi connectivity index (χ3n) is 8.35. The number of carbonyl (C=O) groups excluding carboxylic acids is 2.